The number of nitrogen functional groups attached to an aromatic ring is 3. The van der Waals surface area contributed by atoms with E-state index < -0.39 is 141 Å². The molecule has 560 valence electrons. The second kappa shape index (κ2) is 35.9. The van der Waals surface area contributed by atoms with Gasteiger partial charge in [0, 0.05) is 19.3 Å². The van der Waals surface area contributed by atoms with E-state index in [1.165, 1.54) is 63.8 Å². The van der Waals surface area contributed by atoms with Gasteiger partial charge in [-0.25, -0.2) is 70.1 Å². The van der Waals surface area contributed by atoms with Crippen molar-refractivity contribution in [2.24, 2.45) is 17.2 Å². The quantitative estimate of drug-likeness (QED) is 0.0152. The van der Waals surface area contributed by atoms with Crippen molar-refractivity contribution >= 4 is 132 Å². The number of rotatable bonds is 24. The molecule has 3 fully saturated rings. The maximum Gasteiger partial charge on any atom is 0.320 e. The SMILES string of the molecule is C[S+](CC[C@H](N)C(=O)O)C[C@H]1O[C@@H](n2cnc3c(N)ncnc32)[C@H](O)[C@@H]1O.C[S+](CC[C@H](N)C(=O)O)C[C@H]1O[C@@H](n2cnc3c(N)ncnc32)[C@H](O)[C@@H]1O.C[S+](CC[C@H](N)C(=O)O)C[C@H]1O[C@@H](n2cnc3c(N)ncnc32)[C@H](O)[C@@H]1O.Cc1ccc(S(=O)(=O)[O-])cc1.O=S(=O)([O-])OS(=O)(=O)[O-]. The molecule has 9 heterocycles. The summed E-state index contributed by atoms with van der Waals surface area (Å²) in [6.45, 7) is 1.82. The van der Waals surface area contributed by atoms with Gasteiger partial charge in [0.1, 0.15) is 153 Å². The summed E-state index contributed by atoms with van der Waals surface area (Å²) in [5.74, 6) is 0.763. The predicted molar refractivity (Wildman–Crippen MR) is 356 cm³/mol. The Kier molecular flexibility index (Phi) is 29.5. The normalized spacial score (nSPS) is 24.7. The van der Waals surface area contributed by atoms with E-state index in [2.05, 4.69) is 48.5 Å². The van der Waals surface area contributed by atoms with Crippen molar-refractivity contribution in [1.29, 1.82) is 0 Å². The number of benzene rings is 1. The lowest BCUT2D eigenvalue weighted by molar-refractivity contribution is -0.139. The molecule has 21 N–H and O–H groups in total. The molecule has 3 aliphatic rings. The summed E-state index contributed by atoms with van der Waals surface area (Å²) in [6.07, 6.45) is 3.93. The average Bonchev–Trinajstić information content (AvgIpc) is 1.64. The van der Waals surface area contributed by atoms with Crippen LogP contribution in [-0.2, 0) is 95.8 Å². The molecule has 43 nitrogen and oxygen atoms in total. The Morgan fingerprint density at radius 2 is 0.752 bits per heavy atom. The third kappa shape index (κ3) is 23.0. The Morgan fingerprint density at radius 3 is 0.980 bits per heavy atom. The van der Waals surface area contributed by atoms with Crippen LogP contribution in [0.3, 0.4) is 0 Å². The standard InChI is InChI=1S/3C15H22N6O5S.C7H8O3S.H2O7S2/c3*1-27(3-2-7(16)15(24)25)4-8-10(22)11(23)14(26-8)21-6-20-9-12(17)18-5-19-13(9)21;1-6-2-4-7(5-3-6)11(8,9)10;1-8(2,3)7-9(4,5)6/h3*5-8,10-11,14,22-23H,2-4,16H2,1H3,(H2-,17,18,19,24,25);2-5H,1H3,(H,8,9,10);(H,1,2,3)(H,4,5,6)/t3*7-,8+,10+,11+,14+,27?;;/m000../s1. The first-order valence-corrected chi connectivity index (χ1v) is 39.3. The smallest absolute Gasteiger partial charge is 0.320 e. The Balaban J connectivity index is 0.000000210. The van der Waals surface area contributed by atoms with Gasteiger partial charge in [0.2, 0.25) is 20.8 Å². The van der Waals surface area contributed by atoms with E-state index in [-0.39, 0.29) is 55.0 Å². The second-order valence-electron chi connectivity index (χ2n) is 22.7. The third-order valence-electron chi connectivity index (χ3n) is 15.1. The van der Waals surface area contributed by atoms with Gasteiger partial charge >= 0.3 is 17.9 Å². The molecule has 1 aromatic carbocycles. The van der Waals surface area contributed by atoms with Crippen LogP contribution < -0.4 is 34.4 Å². The van der Waals surface area contributed by atoms with E-state index in [0.717, 1.165) is 5.56 Å². The van der Waals surface area contributed by atoms with Gasteiger partial charge in [0.15, 0.2) is 53.1 Å². The molecule has 6 aromatic heterocycles. The van der Waals surface area contributed by atoms with E-state index in [9.17, 15) is 83.9 Å². The van der Waals surface area contributed by atoms with Crippen LogP contribution >= 0.6 is 0 Å². The highest BCUT2D eigenvalue weighted by molar-refractivity contribution is 7.96. The first kappa shape index (κ1) is 82.9. The number of imidazole rings is 3. The number of hydrogen-bond donors (Lipinski definition) is 15. The van der Waals surface area contributed by atoms with Crippen LogP contribution in [0.1, 0.15) is 43.5 Å². The van der Waals surface area contributed by atoms with E-state index in [0.29, 0.717) is 87.3 Å². The molecule has 0 radical (unpaired) electrons. The Hall–Kier alpha value is -7.06. The maximum absolute atomic E-state index is 10.8. The number of carboxylic acids is 3. The zero-order valence-electron chi connectivity index (χ0n) is 53.6. The summed E-state index contributed by atoms with van der Waals surface area (Å²) in [7, 11) is -15.8. The fraction of sp³-hybridized carbons (Fsp3) is 0.538. The summed E-state index contributed by atoms with van der Waals surface area (Å²) in [4.78, 5) is 68.7. The molecule has 49 heteroatoms. The van der Waals surface area contributed by atoms with Gasteiger partial charge < -0.3 is 108 Å². The van der Waals surface area contributed by atoms with Crippen LogP contribution in [-0.4, -0.2) is 288 Å². The van der Waals surface area contributed by atoms with Gasteiger partial charge in [-0.05, 0) is 51.7 Å². The topological polar surface area (TPSA) is 729 Å². The minimum absolute atomic E-state index is 0.178. The molecular weight excluding hydrogens is 1470 g/mol. The van der Waals surface area contributed by atoms with E-state index in [4.69, 9.17) is 63.9 Å². The Labute approximate surface area is 583 Å². The summed E-state index contributed by atoms with van der Waals surface area (Å²) in [6, 6.07) is 3.06. The highest BCUT2D eigenvalue weighted by atomic mass is 32.3. The largest absolute Gasteiger partial charge is 0.744 e. The number of hydrogen-bond acceptors (Lipinski definition) is 37. The number of ether oxygens (including phenoxy) is 3. The van der Waals surface area contributed by atoms with E-state index in [1.54, 1.807) is 12.1 Å². The fourth-order valence-electron chi connectivity index (χ4n) is 9.71. The number of aromatic nitrogens is 12. The highest BCUT2D eigenvalue weighted by Gasteiger charge is 2.49. The monoisotopic (exact) mass is 1540 g/mol. The molecule has 0 amide bonds. The molecule has 101 heavy (non-hydrogen) atoms. The summed E-state index contributed by atoms with van der Waals surface area (Å²) in [5, 5.41) is 89.0. The number of carboxylic acid groups (broad SMARTS) is 3. The zero-order chi connectivity index (χ0) is 75.3. The fourth-order valence-corrected chi connectivity index (χ4v) is 16.0. The molecule has 0 aliphatic carbocycles. The van der Waals surface area contributed by atoms with Crippen LogP contribution in [0, 0.1) is 6.92 Å². The summed E-state index contributed by atoms with van der Waals surface area (Å²) >= 11 is 0. The number of nitrogens with zero attached hydrogens (tertiary/aromatic N) is 12. The molecule has 0 bridgehead atoms. The van der Waals surface area contributed by atoms with Crippen molar-refractivity contribution in [1.82, 2.24) is 58.6 Å². The van der Waals surface area contributed by atoms with Gasteiger partial charge in [-0.1, -0.05) is 17.7 Å². The van der Waals surface area contributed by atoms with E-state index >= 15 is 0 Å². The molecule has 3 unspecified atom stereocenters. The number of fused-ring (bicyclic) bond motifs is 3. The van der Waals surface area contributed by atoms with Crippen LogP contribution in [0.4, 0.5) is 17.5 Å². The highest BCUT2D eigenvalue weighted by Crippen LogP contribution is 2.36. The number of aliphatic hydroxyl groups excluding tert-OH is 6. The van der Waals surface area contributed by atoms with Crippen LogP contribution in [0.2, 0.25) is 0 Å². The van der Waals surface area contributed by atoms with Crippen molar-refractivity contribution in [3.05, 3.63) is 67.8 Å². The van der Waals surface area contributed by atoms with Gasteiger partial charge in [-0.15, -0.1) is 0 Å². The first-order chi connectivity index (χ1) is 47.1. The van der Waals surface area contributed by atoms with Crippen molar-refractivity contribution in [2.75, 3.05) is 70.5 Å². The number of anilines is 3. The average molecular weight is 1550 g/mol. The van der Waals surface area contributed by atoms with Crippen LogP contribution in [0.15, 0.2) is 67.1 Å². The van der Waals surface area contributed by atoms with Crippen LogP contribution in [0.5, 0.6) is 0 Å². The molecular formula is C52H76N18O25S6. The van der Waals surface area contributed by atoms with Crippen LogP contribution in [0.25, 0.3) is 33.5 Å². The summed E-state index contributed by atoms with van der Waals surface area (Å²) in [5.41, 5.74) is 37.2. The number of aliphatic hydroxyl groups is 6. The van der Waals surface area contributed by atoms with Crippen molar-refractivity contribution in [2.45, 2.75) is 123 Å². The zero-order valence-corrected chi connectivity index (χ0v) is 58.5. The van der Waals surface area contributed by atoms with Gasteiger partial charge in [-0.3, -0.25) is 28.1 Å². The first-order valence-electron chi connectivity index (χ1n) is 29.3. The van der Waals surface area contributed by atoms with E-state index in [1.807, 2.05) is 25.7 Å². The molecule has 0 saturated carbocycles. The molecule has 0 spiro atoms. The number of aryl methyl sites for hydroxylation is 1. The molecule has 18 atom stereocenters. The van der Waals surface area contributed by atoms with Gasteiger partial charge in [0.05, 0.1) is 42.6 Å². The number of nitrogens with two attached hydrogens (primary N) is 6. The summed E-state index contributed by atoms with van der Waals surface area (Å²) < 4.78 is 112. The van der Waals surface area contributed by atoms with Gasteiger partial charge in [-0.2, -0.15) is 3.63 Å². The lowest BCUT2D eigenvalue weighted by atomic mass is 10.1. The lowest BCUT2D eigenvalue weighted by Crippen LogP contribution is -2.37. The Bertz CT molecular complexity index is 3940. The second-order valence-corrected chi connectivity index (χ2v) is 33.2. The minimum atomic E-state index is -5.43. The van der Waals surface area contributed by atoms with Gasteiger partial charge in [0.25, 0.3) is 0 Å². The van der Waals surface area contributed by atoms with Crippen molar-refractivity contribution < 1.29 is 117 Å². The molecule has 3 saturated heterocycles. The lowest BCUT2D eigenvalue weighted by Gasteiger charge is -2.16. The number of aliphatic carboxylic acids is 3. The minimum Gasteiger partial charge on any atom is -0.744 e. The van der Waals surface area contributed by atoms with Crippen molar-refractivity contribution in [3.8, 4) is 0 Å². The predicted octanol–water partition coefficient (Wildman–Crippen LogP) is -6.94. The van der Waals surface area contributed by atoms with Crippen molar-refractivity contribution in [3.63, 3.8) is 0 Å². The molecule has 10 rings (SSSR count). The molecule has 7 aromatic rings. The Morgan fingerprint density at radius 1 is 0.485 bits per heavy atom. The maximum atomic E-state index is 10.8. The number of carbonyl (C=O) groups is 3. The molecule has 3 aliphatic heterocycles. The third-order valence-corrected chi connectivity index (χ3v) is 22.8.